The van der Waals surface area contributed by atoms with E-state index in [2.05, 4.69) is 6.07 Å². The molecule has 1 aliphatic carbocycles. The summed E-state index contributed by atoms with van der Waals surface area (Å²) in [5.41, 5.74) is 2.23. The van der Waals surface area contributed by atoms with Gasteiger partial charge in [0.2, 0.25) is 11.8 Å². The first-order valence-corrected chi connectivity index (χ1v) is 10.7. The summed E-state index contributed by atoms with van der Waals surface area (Å²) in [4.78, 5) is 28.7. The van der Waals surface area contributed by atoms with E-state index in [-0.39, 0.29) is 11.8 Å². The van der Waals surface area contributed by atoms with Crippen LogP contribution in [0, 0.1) is 5.92 Å². The lowest BCUT2D eigenvalue weighted by Gasteiger charge is -2.34. The van der Waals surface area contributed by atoms with Gasteiger partial charge in [0.05, 0.1) is 6.61 Å². The molecule has 0 N–H and O–H groups in total. The van der Waals surface area contributed by atoms with Crippen molar-refractivity contribution in [3.05, 3.63) is 35.4 Å². The van der Waals surface area contributed by atoms with Crippen LogP contribution in [0.4, 0.5) is 0 Å². The Hall–Kier alpha value is -2.30. The number of piperazine rings is 1. The van der Waals surface area contributed by atoms with Crippen LogP contribution in [0.2, 0.25) is 0 Å². The molecule has 4 rings (SSSR count). The van der Waals surface area contributed by atoms with E-state index in [1.807, 2.05) is 28.0 Å². The Bertz CT molecular complexity index is 744. The highest BCUT2D eigenvalue weighted by atomic mass is 16.5. The van der Waals surface area contributed by atoms with Crippen molar-refractivity contribution in [2.45, 2.75) is 44.9 Å². The number of ether oxygens (including phenoxy) is 1. The van der Waals surface area contributed by atoms with Crippen LogP contribution in [0.3, 0.4) is 0 Å². The highest BCUT2D eigenvalue weighted by molar-refractivity contribution is 5.92. The molecule has 2 heterocycles. The zero-order chi connectivity index (χ0) is 19.3. The Labute approximate surface area is 167 Å². The van der Waals surface area contributed by atoms with Crippen LogP contribution < -0.4 is 4.74 Å². The van der Waals surface area contributed by atoms with Gasteiger partial charge in [-0.15, -0.1) is 0 Å². The third kappa shape index (κ3) is 4.57. The largest absolute Gasteiger partial charge is 0.493 e. The Morgan fingerprint density at radius 3 is 2.61 bits per heavy atom. The molecule has 0 atom stereocenters. The van der Waals surface area contributed by atoms with Crippen molar-refractivity contribution in [3.8, 4) is 5.75 Å². The highest BCUT2D eigenvalue weighted by Crippen LogP contribution is 2.29. The third-order valence-electron chi connectivity index (χ3n) is 6.32. The summed E-state index contributed by atoms with van der Waals surface area (Å²) in [5, 5.41) is 0. The minimum absolute atomic E-state index is 0.0230. The second-order valence-electron chi connectivity index (χ2n) is 8.19. The Morgan fingerprint density at radius 2 is 1.82 bits per heavy atom. The van der Waals surface area contributed by atoms with Gasteiger partial charge in [-0.2, -0.15) is 0 Å². The number of hydrogen-bond donors (Lipinski definition) is 0. The average molecular weight is 383 g/mol. The van der Waals surface area contributed by atoms with Gasteiger partial charge in [0.15, 0.2) is 0 Å². The number of carbonyl (C=O) groups is 2. The molecule has 0 radical (unpaired) electrons. The predicted molar refractivity (Wildman–Crippen MR) is 109 cm³/mol. The monoisotopic (exact) mass is 382 g/mol. The minimum atomic E-state index is 0.0230. The first-order valence-electron chi connectivity index (χ1n) is 10.7. The van der Waals surface area contributed by atoms with E-state index in [9.17, 15) is 9.59 Å². The lowest BCUT2D eigenvalue weighted by atomic mass is 10.0. The molecule has 3 aliphatic rings. The van der Waals surface area contributed by atoms with Crippen LogP contribution >= 0.6 is 0 Å². The lowest BCUT2D eigenvalue weighted by molar-refractivity contribution is -0.137. The molecule has 2 aliphatic heterocycles. The second kappa shape index (κ2) is 8.80. The summed E-state index contributed by atoms with van der Waals surface area (Å²) < 4.78 is 5.52. The summed E-state index contributed by atoms with van der Waals surface area (Å²) >= 11 is 0. The number of benzene rings is 1. The fourth-order valence-corrected chi connectivity index (χ4v) is 4.54. The molecular formula is C23H30N2O3. The highest BCUT2D eigenvalue weighted by Gasteiger charge is 2.24. The molecule has 5 nitrogen and oxygen atoms in total. The number of carbonyl (C=O) groups excluding carboxylic acids is 2. The SMILES string of the molecule is O=C(/C=C/c1ccc2c(c1)CCO2)N1CCN(C(=O)CCC2CCCC2)CC1. The molecule has 1 aromatic carbocycles. The topological polar surface area (TPSA) is 49.9 Å². The van der Waals surface area contributed by atoms with Crippen LogP contribution in [-0.4, -0.2) is 54.4 Å². The molecule has 0 spiro atoms. The molecule has 1 aromatic rings. The Kier molecular flexibility index (Phi) is 5.98. The van der Waals surface area contributed by atoms with Gasteiger partial charge in [-0.3, -0.25) is 9.59 Å². The fraction of sp³-hybridized carbons (Fsp3) is 0.565. The molecule has 0 aromatic heterocycles. The number of nitrogens with zero attached hydrogens (tertiary/aromatic N) is 2. The Balaban J connectivity index is 1.23. The molecule has 28 heavy (non-hydrogen) atoms. The van der Waals surface area contributed by atoms with Crippen molar-refractivity contribution in [3.63, 3.8) is 0 Å². The molecule has 0 unspecified atom stereocenters. The van der Waals surface area contributed by atoms with E-state index in [4.69, 9.17) is 4.74 Å². The van der Waals surface area contributed by atoms with Crippen LogP contribution in [0.5, 0.6) is 5.75 Å². The maximum absolute atomic E-state index is 12.5. The fourth-order valence-electron chi connectivity index (χ4n) is 4.54. The van der Waals surface area contributed by atoms with Crippen LogP contribution in [0.1, 0.15) is 49.7 Å². The predicted octanol–water partition coefficient (Wildman–Crippen LogP) is 3.28. The summed E-state index contributed by atoms with van der Waals surface area (Å²) in [6.07, 6.45) is 11.4. The summed E-state index contributed by atoms with van der Waals surface area (Å²) in [6.45, 7) is 3.29. The van der Waals surface area contributed by atoms with Gasteiger partial charge in [-0.25, -0.2) is 0 Å². The maximum atomic E-state index is 12.5. The standard InChI is InChI=1S/C23H30N2O3/c26-22(9-6-18-3-1-2-4-18)24-12-14-25(15-13-24)23(27)10-7-19-5-8-21-20(17-19)11-16-28-21/h5,7-8,10,17-18H,1-4,6,9,11-16H2/b10-7+. The molecule has 150 valence electrons. The van der Waals surface area contributed by atoms with E-state index in [1.165, 1.54) is 31.2 Å². The molecule has 0 bridgehead atoms. The van der Waals surface area contributed by atoms with Gasteiger partial charge >= 0.3 is 0 Å². The average Bonchev–Trinajstić information content (AvgIpc) is 3.41. The first-order chi connectivity index (χ1) is 13.7. The summed E-state index contributed by atoms with van der Waals surface area (Å²) in [7, 11) is 0. The van der Waals surface area contributed by atoms with Gasteiger partial charge in [-0.05, 0) is 41.7 Å². The zero-order valence-corrected chi connectivity index (χ0v) is 16.6. The summed E-state index contributed by atoms with van der Waals surface area (Å²) in [5.74, 6) is 1.99. The second-order valence-corrected chi connectivity index (χ2v) is 8.19. The van der Waals surface area contributed by atoms with E-state index in [0.717, 1.165) is 36.7 Å². The van der Waals surface area contributed by atoms with E-state index in [0.29, 0.717) is 32.6 Å². The van der Waals surface area contributed by atoms with E-state index >= 15 is 0 Å². The van der Waals surface area contributed by atoms with Gasteiger partial charge < -0.3 is 14.5 Å². The van der Waals surface area contributed by atoms with Gasteiger partial charge in [0.25, 0.3) is 0 Å². The molecule has 5 heteroatoms. The number of hydrogen-bond acceptors (Lipinski definition) is 3. The number of rotatable bonds is 5. The first kappa shape index (κ1) is 19.0. The quantitative estimate of drug-likeness (QED) is 0.735. The molecule has 1 saturated heterocycles. The number of fused-ring (bicyclic) bond motifs is 1. The van der Waals surface area contributed by atoms with Crippen LogP contribution in [0.15, 0.2) is 24.3 Å². The van der Waals surface area contributed by atoms with Crippen molar-refractivity contribution in [2.75, 3.05) is 32.8 Å². The van der Waals surface area contributed by atoms with Gasteiger partial charge in [-0.1, -0.05) is 31.7 Å². The van der Waals surface area contributed by atoms with Crippen molar-refractivity contribution in [1.82, 2.24) is 9.80 Å². The van der Waals surface area contributed by atoms with E-state index in [1.54, 1.807) is 6.08 Å². The summed E-state index contributed by atoms with van der Waals surface area (Å²) in [6, 6.07) is 6.05. The Morgan fingerprint density at radius 1 is 1.07 bits per heavy atom. The van der Waals surface area contributed by atoms with Crippen molar-refractivity contribution in [1.29, 1.82) is 0 Å². The van der Waals surface area contributed by atoms with Crippen LogP contribution in [-0.2, 0) is 16.0 Å². The molecule has 2 fully saturated rings. The van der Waals surface area contributed by atoms with Crippen molar-refractivity contribution < 1.29 is 14.3 Å². The third-order valence-corrected chi connectivity index (χ3v) is 6.32. The van der Waals surface area contributed by atoms with Gasteiger partial charge in [0.1, 0.15) is 5.75 Å². The van der Waals surface area contributed by atoms with Crippen LogP contribution in [0.25, 0.3) is 6.08 Å². The molecule has 2 amide bonds. The van der Waals surface area contributed by atoms with Gasteiger partial charge in [0, 0.05) is 45.1 Å². The van der Waals surface area contributed by atoms with Crippen molar-refractivity contribution in [2.24, 2.45) is 5.92 Å². The van der Waals surface area contributed by atoms with Crippen molar-refractivity contribution >= 4 is 17.9 Å². The number of amides is 2. The maximum Gasteiger partial charge on any atom is 0.246 e. The molecular weight excluding hydrogens is 352 g/mol. The minimum Gasteiger partial charge on any atom is -0.493 e. The normalized spacial score (nSPS) is 19.9. The zero-order valence-electron chi connectivity index (χ0n) is 16.6. The molecule has 1 saturated carbocycles. The van der Waals surface area contributed by atoms with E-state index < -0.39 is 0 Å². The smallest absolute Gasteiger partial charge is 0.246 e. The lowest BCUT2D eigenvalue weighted by Crippen LogP contribution is -2.50.